The monoisotopic (exact) mass is 273 g/mol. The molecule has 1 fully saturated rings. The predicted molar refractivity (Wildman–Crippen MR) is 76.2 cm³/mol. The summed E-state index contributed by atoms with van der Waals surface area (Å²) in [4.78, 5) is 25.6. The van der Waals surface area contributed by atoms with Gasteiger partial charge in [-0.05, 0) is 18.9 Å². The van der Waals surface area contributed by atoms with Crippen molar-refractivity contribution in [1.82, 2.24) is 14.7 Å². The summed E-state index contributed by atoms with van der Waals surface area (Å²) in [6, 6.07) is 3.01. The number of terminal acetylenes is 1. The van der Waals surface area contributed by atoms with Crippen molar-refractivity contribution in [3.05, 3.63) is 28.2 Å². The van der Waals surface area contributed by atoms with Crippen LogP contribution in [0.4, 0.5) is 0 Å². The third kappa shape index (κ3) is 3.08. The van der Waals surface area contributed by atoms with Crippen molar-refractivity contribution in [3.63, 3.8) is 0 Å². The highest BCUT2D eigenvalue weighted by Gasteiger charge is 2.26. The maximum Gasteiger partial charge on any atom is 0.275 e. The maximum atomic E-state index is 12.6. The highest BCUT2D eigenvalue weighted by molar-refractivity contribution is 5.92. The van der Waals surface area contributed by atoms with Gasteiger partial charge in [-0.1, -0.05) is 25.2 Å². The molecule has 5 nitrogen and oxygen atoms in total. The standard InChI is InChI=1S/C15H19N3O2/c1-3-11-18(12-7-5-4-6-8-12)15(20)13-9-10-14(19)17(2)16-13/h1,9-10,12H,4-8,11H2,2H3. The van der Waals surface area contributed by atoms with Gasteiger partial charge in [0.2, 0.25) is 0 Å². The van der Waals surface area contributed by atoms with Gasteiger partial charge in [-0.25, -0.2) is 4.68 Å². The Morgan fingerprint density at radius 2 is 2.15 bits per heavy atom. The Balaban J connectivity index is 2.23. The Morgan fingerprint density at radius 3 is 2.75 bits per heavy atom. The Labute approximate surface area is 118 Å². The van der Waals surface area contributed by atoms with E-state index in [0.717, 1.165) is 25.7 Å². The number of carbonyl (C=O) groups is 1. The maximum absolute atomic E-state index is 12.6. The van der Waals surface area contributed by atoms with Gasteiger partial charge in [0.05, 0.1) is 6.54 Å². The van der Waals surface area contributed by atoms with Gasteiger partial charge in [0.15, 0.2) is 0 Å². The highest BCUT2D eigenvalue weighted by atomic mass is 16.2. The number of rotatable bonds is 3. The molecular formula is C15H19N3O2. The van der Waals surface area contributed by atoms with Gasteiger partial charge >= 0.3 is 0 Å². The fourth-order valence-corrected chi connectivity index (χ4v) is 2.62. The molecule has 0 aromatic carbocycles. The van der Waals surface area contributed by atoms with Crippen LogP contribution in [0.2, 0.25) is 0 Å². The molecule has 0 saturated heterocycles. The fourth-order valence-electron chi connectivity index (χ4n) is 2.62. The smallest absolute Gasteiger partial charge is 0.275 e. The molecule has 106 valence electrons. The zero-order valence-corrected chi connectivity index (χ0v) is 11.7. The van der Waals surface area contributed by atoms with Gasteiger partial charge in [0.1, 0.15) is 5.69 Å². The molecule has 2 rings (SSSR count). The first-order chi connectivity index (χ1) is 9.63. The van der Waals surface area contributed by atoms with E-state index in [0.29, 0.717) is 0 Å². The molecule has 20 heavy (non-hydrogen) atoms. The van der Waals surface area contributed by atoms with Crippen molar-refractivity contribution in [2.24, 2.45) is 7.05 Å². The number of aryl methyl sites for hydroxylation is 1. The summed E-state index contributed by atoms with van der Waals surface area (Å²) < 4.78 is 1.17. The van der Waals surface area contributed by atoms with Gasteiger partial charge in [-0.2, -0.15) is 5.10 Å². The van der Waals surface area contributed by atoms with Crippen LogP contribution in [0, 0.1) is 12.3 Å². The molecule has 1 aromatic rings. The van der Waals surface area contributed by atoms with Gasteiger partial charge < -0.3 is 4.90 Å². The molecule has 1 amide bonds. The van der Waals surface area contributed by atoms with E-state index in [1.54, 1.807) is 4.90 Å². The summed E-state index contributed by atoms with van der Waals surface area (Å²) in [7, 11) is 1.53. The van der Waals surface area contributed by atoms with Crippen LogP contribution in [0.25, 0.3) is 0 Å². The SMILES string of the molecule is C#CCN(C(=O)c1ccc(=O)n(C)n1)C1CCCCC1. The van der Waals surface area contributed by atoms with E-state index in [1.165, 1.54) is 30.3 Å². The molecule has 0 unspecified atom stereocenters. The molecule has 1 aliphatic carbocycles. The van der Waals surface area contributed by atoms with E-state index in [2.05, 4.69) is 11.0 Å². The lowest BCUT2D eigenvalue weighted by Gasteiger charge is -2.32. The highest BCUT2D eigenvalue weighted by Crippen LogP contribution is 2.23. The van der Waals surface area contributed by atoms with Crippen LogP contribution in [0.3, 0.4) is 0 Å². The third-order valence-corrected chi connectivity index (χ3v) is 3.72. The second-order valence-corrected chi connectivity index (χ2v) is 5.11. The van der Waals surface area contributed by atoms with Gasteiger partial charge in [0, 0.05) is 19.2 Å². The lowest BCUT2D eigenvalue weighted by Crippen LogP contribution is -2.42. The van der Waals surface area contributed by atoms with Crippen LogP contribution in [-0.4, -0.2) is 33.2 Å². The lowest BCUT2D eigenvalue weighted by molar-refractivity contribution is 0.0659. The minimum atomic E-state index is -0.234. The van der Waals surface area contributed by atoms with E-state index in [-0.39, 0.29) is 29.7 Å². The number of nitrogens with zero attached hydrogens (tertiary/aromatic N) is 3. The van der Waals surface area contributed by atoms with E-state index >= 15 is 0 Å². The first-order valence-corrected chi connectivity index (χ1v) is 6.92. The Morgan fingerprint density at radius 1 is 1.45 bits per heavy atom. The summed E-state index contributed by atoms with van der Waals surface area (Å²) in [5, 5.41) is 4.01. The molecule has 0 N–H and O–H groups in total. The molecule has 0 radical (unpaired) electrons. The zero-order valence-electron chi connectivity index (χ0n) is 11.7. The summed E-state index contributed by atoms with van der Waals surface area (Å²) in [5.41, 5.74) is 0.0376. The van der Waals surface area contributed by atoms with Gasteiger partial charge in [-0.3, -0.25) is 9.59 Å². The molecule has 5 heteroatoms. The van der Waals surface area contributed by atoms with E-state index < -0.39 is 0 Å². The molecule has 1 saturated carbocycles. The van der Waals surface area contributed by atoms with Gasteiger partial charge in [0.25, 0.3) is 11.5 Å². The largest absolute Gasteiger partial charge is 0.323 e. The molecule has 0 atom stereocenters. The lowest BCUT2D eigenvalue weighted by atomic mass is 9.94. The number of hydrogen-bond acceptors (Lipinski definition) is 3. The van der Waals surface area contributed by atoms with Crippen molar-refractivity contribution < 1.29 is 4.79 Å². The predicted octanol–water partition coefficient (Wildman–Crippen LogP) is 1.19. The number of hydrogen-bond donors (Lipinski definition) is 0. The number of amides is 1. The Kier molecular flexibility index (Phi) is 4.57. The van der Waals surface area contributed by atoms with Gasteiger partial charge in [-0.15, -0.1) is 6.42 Å². The molecule has 0 bridgehead atoms. The van der Waals surface area contributed by atoms with Crippen LogP contribution in [0.5, 0.6) is 0 Å². The minimum Gasteiger partial charge on any atom is -0.323 e. The quantitative estimate of drug-likeness (QED) is 0.777. The molecule has 0 spiro atoms. The van der Waals surface area contributed by atoms with Crippen LogP contribution < -0.4 is 5.56 Å². The van der Waals surface area contributed by atoms with Crippen molar-refractivity contribution in [1.29, 1.82) is 0 Å². The Hall–Kier alpha value is -2.09. The van der Waals surface area contributed by atoms with Crippen LogP contribution in [-0.2, 0) is 7.05 Å². The third-order valence-electron chi connectivity index (χ3n) is 3.72. The van der Waals surface area contributed by atoms with E-state index in [9.17, 15) is 9.59 Å². The molecule has 0 aliphatic heterocycles. The minimum absolute atomic E-state index is 0.186. The first-order valence-electron chi connectivity index (χ1n) is 6.92. The Bertz CT molecular complexity index is 580. The summed E-state index contributed by atoms with van der Waals surface area (Å²) in [6.45, 7) is 0.286. The van der Waals surface area contributed by atoms with Crippen LogP contribution in [0.15, 0.2) is 16.9 Å². The summed E-state index contributed by atoms with van der Waals surface area (Å²) in [6.07, 6.45) is 10.8. The van der Waals surface area contributed by atoms with Crippen molar-refractivity contribution in [2.75, 3.05) is 6.54 Å². The van der Waals surface area contributed by atoms with Crippen molar-refractivity contribution in [3.8, 4) is 12.3 Å². The average Bonchev–Trinajstić information content (AvgIpc) is 2.48. The second kappa shape index (κ2) is 6.38. The van der Waals surface area contributed by atoms with E-state index in [1.807, 2.05) is 0 Å². The fraction of sp³-hybridized carbons (Fsp3) is 0.533. The number of aromatic nitrogens is 2. The van der Waals surface area contributed by atoms with Crippen LogP contribution in [0.1, 0.15) is 42.6 Å². The first kappa shape index (κ1) is 14.3. The normalized spacial score (nSPS) is 15.6. The summed E-state index contributed by atoms with van der Waals surface area (Å²) >= 11 is 0. The molecule has 1 aromatic heterocycles. The second-order valence-electron chi connectivity index (χ2n) is 5.11. The van der Waals surface area contributed by atoms with E-state index in [4.69, 9.17) is 6.42 Å². The number of carbonyl (C=O) groups excluding carboxylic acids is 1. The van der Waals surface area contributed by atoms with Crippen molar-refractivity contribution in [2.45, 2.75) is 38.1 Å². The average molecular weight is 273 g/mol. The topological polar surface area (TPSA) is 55.2 Å². The van der Waals surface area contributed by atoms with Crippen LogP contribution >= 0.6 is 0 Å². The van der Waals surface area contributed by atoms with Crippen molar-refractivity contribution >= 4 is 5.91 Å². The summed E-state index contributed by atoms with van der Waals surface area (Å²) in [5.74, 6) is 2.36. The molecular weight excluding hydrogens is 254 g/mol. The molecule has 1 aliphatic rings. The molecule has 1 heterocycles. The zero-order chi connectivity index (χ0) is 14.5.